The van der Waals surface area contributed by atoms with Crippen molar-refractivity contribution < 1.29 is 4.39 Å². The molecule has 1 aliphatic carbocycles. The predicted octanol–water partition coefficient (Wildman–Crippen LogP) is 2.97. The molecule has 1 unspecified atom stereocenters. The summed E-state index contributed by atoms with van der Waals surface area (Å²) in [4.78, 5) is 0. The third kappa shape index (κ3) is 0.951. The van der Waals surface area contributed by atoms with Crippen LogP contribution in [0.3, 0.4) is 0 Å². The maximum atomic E-state index is 12.7. The van der Waals surface area contributed by atoms with Crippen molar-refractivity contribution in [1.82, 2.24) is 0 Å². The van der Waals surface area contributed by atoms with E-state index in [1.54, 1.807) is 6.07 Å². The minimum atomic E-state index is -0.148. The highest BCUT2D eigenvalue weighted by Gasteiger charge is 2.26. The van der Waals surface area contributed by atoms with Crippen molar-refractivity contribution in [3.63, 3.8) is 0 Å². The molecule has 0 N–H and O–H groups in total. The molecule has 1 atom stereocenters. The molecule has 0 amide bonds. The number of benzene rings is 1. The van der Waals surface area contributed by atoms with Crippen molar-refractivity contribution in [2.75, 3.05) is 0 Å². The first-order valence-corrected chi connectivity index (χ1v) is 4.05. The zero-order chi connectivity index (χ0) is 8.01. The molecule has 0 heterocycles. The fraction of sp³-hybridized carbons (Fsp3) is 0.333. The molecule has 0 aromatic heterocycles. The predicted molar refractivity (Wildman–Crippen MR) is 43.4 cm³/mol. The number of hydrogen-bond donors (Lipinski definition) is 0. The van der Waals surface area contributed by atoms with Gasteiger partial charge in [-0.3, -0.25) is 0 Å². The van der Waals surface area contributed by atoms with E-state index in [1.165, 1.54) is 6.07 Å². The van der Waals surface area contributed by atoms with Gasteiger partial charge in [0.2, 0.25) is 0 Å². The Kier molecular flexibility index (Phi) is 1.43. The van der Waals surface area contributed by atoms with Crippen LogP contribution in [0.15, 0.2) is 12.1 Å². The lowest BCUT2D eigenvalue weighted by atomic mass is 9.84. The summed E-state index contributed by atoms with van der Waals surface area (Å²) in [5, 5.41) is 0.116. The van der Waals surface area contributed by atoms with Crippen molar-refractivity contribution >= 4 is 11.6 Å². The van der Waals surface area contributed by atoms with E-state index in [1.807, 2.05) is 6.92 Å². The Labute approximate surface area is 70.0 Å². The lowest BCUT2D eigenvalue weighted by molar-refractivity contribution is 0.615. The van der Waals surface area contributed by atoms with Crippen LogP contribution < -0.4 is 0 Å². The van der Waals surface area contributed by atoms with Crippen LogP contribution in [0.25, 0.3) is 0 Å². The fourth-order valence-corrected chi connectivity index (χ4v) is 2.08. The summed E-state index contributed by atoms with van der Waals surface area (Å²) in [6, 6.07) is 3.11. The quantitative estimate of drug-likeness (QED) is 0.526. The molecule has 0 bridgehead atoms. The number of alkyl halides is 1. The van der Waals surface area contributed by atoms with E-state index >= 15 is 0 Å². The molecule has 1 aromatic carbocycles. The van der Waals surface area contributed by atoms with E-state index in [4.69, 9.17) is 11.6 Å². The largest absolute Gasteiger partial charge is 0.207 e. The Morgan fingerprint density at radius 1 is 1.55 bits per heavy atom. The molecule has 0 fully saturated rings. The van der Waals surface area contributed by atoms with Crippen molar-refractivity contribution in [3.05, 3.63) is 34.6 Å². The van der Waals surface area contributed by atoms with Crippen LogP contribution in [-0.4, -0.2) is 0 Å². The highest BCUT2D eigenvalue weighted by Crippen LogP contribution is 2.40. The summed E-state index contributed by atoms with van der Waals surface area (Å²) in [7, 11) is 0. The maximum Gasteiger partial charge on any atom is 0.123 e. The highest BCUT2D eigenvalue weighted by atomic mass is 35.5. The van der Waals surface area contributed by atoms with E-state index in [0.717, 1.165) is 23.1 Å². The zero-order valence-corrected chi connectivity index (χ0v) is 6.95. The van der Waals surface area contributed by atoms with E-state index in [2.05, 4.69) is 0 Å². The van der Waals surface area contributed by atoms with Gasteiger partial charge in [-0.25, -0.2) is 4.39 Å². The summed E-state index contributed by atoms with van der Waals surface area (Å²) >= 11 is 5.91. The number of halogens is 2. The molecule has 11 heavy (non-hydrogen) atoms. The molecule has 0 saturated heterocycles. The third-order valence-electron chi connectivity index (χ3n) is 2.15. The Bertz CT molecular complexity index is 289. The van der Waals surface area contributed by atoms with Gasteiger partial charge in [0.05, 0.1) is 5.38 Å². The maximum absolute atomic E-state index is 12.7. The van der Waals surface area contributed by atoms with Crippen molar-refractivity contribution in [2.45, 2.75) is 18.7 Å². The van der Waals surface area contributed by atoms with Gasteiger partial charge in [0.1, 0.15) is 5.82 Å². The highest BCUT2D eigenvalue weighted by molar-refractivity contribution is 6.22. The first-order chi connectivity index (χ1) is 5.18. The van der Waals surface area contributed by atoms with Gasteiger partial charge in [-0.2, -0.15) is 0 Å². The monoisotopic (exact) mass is 170 g/mol. The summed E-state index contributed by atoms with van der Waals surface area (Å²) in [5.41, 5.74) is 3.18. The van der Waals surface area contributed by atoms with Crippen molar-refractivity contribution in [3.8, 4) is 0 Å². The molecule has 0 nitrogen and oxygen atoms in total. The van der Waals surface area contributed by atoms with Gasteiger partial charge in [0.15, 0.2) is 0 Å². The number of fused-ring (bicyclic) bond motifs is 1. The average molecular weight is 171 g/mol. The zero-order valence-electron chi connectivity index (χ0n) is 6.20. The van der Waals surface area contributed by atoms with Crippen LogP contribution in [0.4, 0.5) is 4.39 Å². The van der Waals surface area contributed by atoms with E-state index in [-0.39, 0.29) is 11.2 Å². The standard InChI is InChI=1S/C9H8ClF/c1-5-2-7(11)3-6-4-8(10)9(5)6/h2-3,8H,4H2,1H3. The van der Waals surface area contributed by atoms with E-state index in [0.29, 0.717) is 0 Å². The lowest BCUT2D eigenvalue weighted by Crippen LogP contribution is -2.14. The molecule has 2 heteroatoms. The first kappa shape index (κ1) is 7.11. The van der Waals surface area contributed by atoms with Crippen LogP contribution in [-0.2, 0) is 6.42 Å². The first-order valence-electron chi connectivity index (χ1n) is 3.61. The third-order valence-corrected chi connectivity index (χ3v) is 2.52. The van der Waals surface area contributed by atoms with Crippen molar-refractivity contribution in [2.24, 2.45) is 0 Å². The number of hydrogen-bond acceptors (Lipinski definition) is 0. The molecule has 1 aromatic rings. The summed E-state index contributed by atoms with van der Waals surface area (Å²) < 4.78 is 12.7. The normalized spacial score (nSPS) is 20.8. The van der Waals surface area contributed by atoms with Gasteiger partial charge < -0.3 is 0 Å². The molecule has 0 saturated carbocycles. The van der Waals surface area contributed by atoms with Gasteiger partial charge >= 0.3 is 0 Å². The van der Waals surface area contributed by atoms with Crippen molar-refractivity contribution in [1.29, 1.82) is 0 Å². The lowest BCUT2D eigenvalue weighted by Gasteiger charge is -2.26. The van der Waals surface area contributed by atoms with Crippen LogP contribution in [0.5, 0.6) is 0 Å². The number of rotatable bonds is 0. The minimum Gasteiger partial charge on any atom is -0.207 e. The minimum absolute atomic E-state index is 0.116. The summed E-state index contributed by atoms with van der Waals surface area (Å²) in [5.74, 6) is -0.148. The molecular formula is C9H8ClF. The second-order valence-electron chi connectivity index (χ2n) is 2.97. The Hall–Kier alpha value is -0.560. The fourth-order valence-electron chi connectivity index (χ4n) is 1.60. The second-order valence-corrected chi connectivity index (χ2v) is 3.49. The molecule has 1 aliphatic rings. The van der Waals surface area contributed by atoms with Gasteiger partial charge in [0, 0.05) is 0 Å². The second kappa shape index (κ2) is 2.21. The molecular weight excluding hydrogens is 163 g/mol. The molecule has 2 rings (SSSR count). The number of aryl methyl sites for hydroxylation is 1. The molecule has 0 radical (unpaired) electrons. The topological polar surface area (TPSA) is 0 Å². The van der Waals surface area contributed by atoms with Crippen LogP contribution in [0, 0.1) is 12.7 Å². The van der Waals surface area contributed by atoms with Crippen LogP contribution in [0.2, 0.25) is 0 Å². The van der Waals surface area contributed by atoms with Gasteiger partial charge in [-0.05, 0) is 42.2 Å². The van der Waals surface area contributed by atoms with Gasteiger partial charge in [0.25, 0.3) is 0 Å². The Morgan fingerprint density at radius 2 is 2.27 bits per heavy atom. The smallest absolute Gasteiger partial charge is 0.123 e. The SMILES string of the molecule is Cc1cc(F)cc2c1C(Cl)C2. The van der Waals surface area contributed by atoms with Gasteiger partial charge in [-0.15, -0.1) is 11.6 Å². The average Bonchev–Trinajstić information content (AvgIpc) is 1.83. The molecule has 58 valence electrons. The molecule has 0 aliphatic heterocycles. The van der Waals surface area contributed by atoms with E-state index < -0.39 is 0 Å². The van der Waals surface area contributed by atoms with Gasteiger partial charge in [-0.1, -0.05) is 0 Å². The Morgan fingerprint density at radius 3 is 2.82 bits per heavy atom. The molecule has 0 spiro atoms. The van der Waals surface area contributed by atoms with Crippen LogP contribution >= 0.6 is 11.6 Å². The summed E-state index contributed by atoms with van der Waals surface area (Å²) in [6.45, 7) is 1.90. The summed E-state index contributed by atoms with van der Waals surface area (Å²) in [6.07, 6.45) is 0.815. The van der Waals surface area contributed by atoms with E-state index in [9.17, 15) is 4.39 Å². The Balaban J connectivity index is 2.58. The van der Waals surface area contributed by atoms with Crippen LogP contribution in [0.1, 0.15) is 22.1 Å².